The second-order valence-corrected chi connectivity index (χ2v) is 7.60. The van der Waals surface area contributed by atoms with E-state index in [1.165, 1.54) is 0 Å². The second-order valence-electron chi connectivity index (χ2n) is 7.60. The molecule has 3 aliphatic rings. The summed E-state index contributed by atoms with van der Waals surface area (Å²) < 4.78 is 10.6. The smallest absolute Gasteiger partial charge is 0.322 e. The van der Waals surface area contributed by atoms with Gasteiger partial charge >= 0.3 is 6.03 Å². The number of hydrogen-bond donors (Lipinski definition) is 1. The van der Waals surface area contributed by atoms with Crippen LogP contribution in [0.1, 0.15) is 11.6 Å². The van der Waals surface area contributed by atoms with Gasteiger partial charge in [-0.05, 0) is 17.7 Å². The molecule has 1 aromatic rings. The van der Waals surface area contributed by atoms with Crippen LogP contribution in [0.5, 0.6) is 5.75 Å². The summed E-state index contributed by atoms with van der Waals surface area (Å²) in [5.74, 6) is 0.710. The van der Waals surface area contributed by atoms with Crippen molar-refractivity contribution in [1.82, 2.24) is 20.0 Å². The normalized spacial score (nSPS) is 22.2. The first-order valence-corrected chi connectivity index (χ1v) is 10.3. The summed E-state index contributed by atoms with van der Waals surface area (Å²) in [5.41, 5.74) is 2.27. The van der Waals surface area contributed by atoms with E-state index in [0.717, 1.165) is 49.9 Å². The van der Waals surface area contributed by atoms with E-state index in [9.17, 15) is 9.59 Å². The van der Waals surface area contributed by atoms with Crippen LogP contribution in [-0.4, -0.2) is 86.2 Å². The number of urea groups is 1. The summed E-state index contributed by atoms with van der Waals surface area (Å²) in [6.45, 7) is 9.20. The van der Waals surface area contributed by atoms with Gasteiger partial charge in [0.2, 0.25) is 0 Å². The van der Waals surface area contributed by atoms with E-state index in [-0.39, 0.29) is 11.9 Å². The minimum absolute atomic E-state index is 0.0202. The molecule has 1 N–H and O–H groups in total. The van der Waals surface area contributed by atoms with E-state index in [4.69, 9.17) is 9.47 Å². The molecular weight excluding hydrogens is 384 g/mol. The molecule has 0 aromatic heterocycles. The summed E-state index contributed by atoms with van der Waals surface area (Å²) in [7, 11) is 1.61. The summed E-state index contributed by atoms with van der Waals surface area (Å²) in [6, 6.07) is 6.78. The van der Waals surface area contributed by atoms with Crippen molar-refractivity contribution in [3.63, 3.8) is 0 Å². The highest BCUT2D eigenvalue weighted by Crippen LogP contribution is 2.36. The lowest BCUT2D eigenvalue weighted by Gasteiger charge is -2.33. The number of carbonyl (C=O) groups is 2. The quantitative estimate of drug-likeness (QED) is 0.685. The molecular formula is C22H28N4O4. The summed E-state index contributed by atoms with van der Waals surface area (Å²) in [4.78, 5) is 31.9. The van der Waals surface area contributed by atoms with Crippen molar-refractivity contribution in [3.05, 3.63) is 53.8 Å². The molecule has 1 aromatic carbocycles. The standard InChI is InChI=1S/C22H28N4O4/c1-3-8-26-18-15-25(10-9-24-11-13-30-14-12-24)21(27)19(18)20(23-22(26)28)16-4-6-17(29-2)7-5-16/h3-7,20H,1,8-15H2,2H3,(H,23,28). The molecule has 0 bridgehead atoms. The van der Waals surface area contributed by atoms with E-state index >= 15 is 0 Å². The van der Waals surface area contributed by atoms with Crippen molar-refractivity contribution in [2.75, 3.05) is 59.6 Å². The van der Waals surface area contributed by atoms with Crippen molar-refractivity contribution < 1.29 is 19.1 Å². The zero-order chi connectivity index (χ0) is 21.1. The van der Waals surface area contributed by atoms with Gasteiger partial charge in [0.1, 0.15) is 5.75 Å². The molecule has 4 rings (SSSR count). The fraction of sp³-hybridized carbons (Fsp3) is 0.455. The minimum atomic E-state index is -0.472. The van der Waals surface area contributed by atoms with Crippen LogP contribution in [0.4, 0.5) is 4.79 Å². The highest BCUT2D eigenvalue weighted by Gasteiger charge is 2.43. The van der Waals surface area contributed by atoms with Gasteiger partial charge in [0.25, 0.3) is 5.91 Å². The Kier molecular flexibility index (Phi) is 6.06. The van der Waals surface area contributed by atoms with Crippen molar-refractivity contribution in [1.29, 1.82) is 0 Å². The lowest BCUT2D eigenvalue weighted by molar-refractivity contribution is -0.126. The first kappa shape index (κ1) is 20.4. The Balaban J connectivity index is 1.57. The van der Waals surface area contributed by atoms with E-state index < -0.39 is 6.04 Å². The average Bonchev–Trinajstić information content (AvgIpc) is 3.11. The van der Waals surface area contributed by atoms with E-state index in [1.807, 2.05) is 29.2 Å². The molecule has 3 aliphatic heterocycles. The molecule has 0 saturated carbocycles. The predicted octanol–water partition coefficient (Wildman–Crippen LogP) is 1.38. The van der Waals surface area contributed by atoms with Gasteiger partial charge in [0.15, 0.2) is 0 Å². The predicted molar refractivity (Wildman–Crippen MR) is 112 cm³/mol. The Bertz CT molecular complexity index is 845. The van der Waals surface area contributed by atoms with E-state index in [2.05, 4.69) is 16.8 Å². The lowest BCUT2D eigenvalue weighted by atomic mass is 9.95. The zero-order valence-corrected chi connectivity index (χ0v) is 17.3. The molecule has 0 radical (unpaired) electrons. The Morgan fingerprint density at radius 3 is 2.60 bits per heavy atom. The maximum Gasteiger partial charge on any atom is 0.322 e. The van der Waals surface area contributed by atoms with Gasteiger partial charge in [-0.3, -0.25) is 14.6 Å². The molecule has 160 valence electrons. The summed E-state index contributed by atoms with van der Waals surface area (Å²) in [6.07, 6.45) is 1.68. The number of rotatable bonds is 7. The molecule has 3 heterocycles. The molecule has 8 nitrogen and oxygen atoms in total. The van der Waals surface area contributed by atoms with Crippen molar-refractivity contribution in [2.45, 2.75) is 6.04 Å². The number of ether oxygens (including phenoxy) is 2. The molecule has 1 unspecified atom stereocenters. The third kappa shape index (κ3) is 3.93. The molecule has 1 saturated heterocycles. The lowest BCUT2D eigenvalue weighted by Crippen LogP contribution is -2.47. The number of methoxy groups -OCH3 is 1. The van der Waals surface area contributed by atoms with Crippen LogP contribution >= 0.6 is 0 Å². The van der Waals surface area contributed by atoms with Crippen LogP contribution in [0.2, 0.25) is 0 Å². The summed E-state index contributed by atoms with van der Waals surface area (Å²) >= 11 is 0. The van der Waals surface area contributed by atoms with Gasteiger partial charge in [-0.2, -0.15) is 0 Å². The molecule has 8 heteroatoms. The number of nitrogens with zero attached hydrogens (tertiary/aromatic N) is 3. The number of benzene rings is 1. The van der Waals surface area contributed by atoms with Crippen LogP contribution in [0.15, 0.2) is 48.2 Å². The van der Waals surface area contributed by atoms with Crippen LogP contribution in [0.25, 0.3) is 0 Å². The fourth-order valence-electron chi connectivity index (χ4n) is 4.18. The second kappa shape index (κ2) is 8.89. The van der Waals surface area contributed by atoms with E-state index in [0.29, 0.717) is 25.2 Å². The molecule has 0 aliphatic carbocycles. The molecule has 0 spiro atoms. The maximum atomic E-state index is 13.4. The fourth-order valence-corrected chi connectivity index (χ4v) is 4.18. The first-order chi connectivity index (χ1) is 14.6. The average molecular weight is 412 g/mol. The third-order valence-corrected chi connectivity index (χ3v) is 5.85. The number of morpholine rings is 1. The van der Waals surface area contributed by atoms with Gasteiger partial charge in [-0.1, -0.05) is 18.2 Å². The van der Waals surface area contributed by atoms with Crippen LogP contribution in [0.3, 0.4) is 0 Å². The number of nitrogens with one attached hydrogen (secondary N) is 1. The SMILES string of the molecule is C=CCN1C(=O)NC(c2ccc(OC)cc2)C2=C1CN(CCN1CCOCC1)C2=O. The van der Waals surface area contributed by atoms with Gasteiger partial charge in [0.05, 0.1) is 44.2 Å². The van der Waals surface area contributed by atoms with Crippen LogP contribution < -0.4 is 10.1 Å². The monoisotopic (exact) mass is 412 g/mol. The zero-order valence-electron chi connectivity index (χ0n) is 17.3. The highest BCUT2D eigenvalue weighted by molar-refractivity contribution is 6.01. The molecule has 1 atom stereocenters. The van der Waals surface area contributed by atoms with Gasteiger partial charge in [0, 0.05) is 32.7 Å². The number of carbonyl (C=O) groups excluding carboxylic acids is 2. The van der Waals surface area contributed by atoms with Gasteiger partial charge in [-0.25, -0.2) is 4.79 Å². The molecule has 30 heavy (non-hydrogen) atoms. The van der Waals surface area contributed by atoms with E-state index in [1.54, 1.807) is 18.1 Å². The third-order valence-electron chi connectivity index (χ3n) is 5.85. The first-order valence-electron chi connectivity index (χ1n) is 10.3. The number of hydrogen-bond acceptors (Lipinski definition) is 5. The van der Waals surface area contributed by atoms with Gasteiger partial charge < -0.3 is 19.7 Å². The van der Waals surface area contributed by atoms with Crippen molar-refractivity contribution >= 4 is 11.9 Å². The van der Waals surface area contributed by atoms with Crippen LogP contribution in [0, 0.1) is 0 Å². The van der Waals surface area contributed by atoms with Crippen LogP contribution in [-0.2, 0) is 9.53 Å². The molecule has 1 fully saturated rings. The topological polar surface area (TPSA) is 74.4 Å². The number of amides is 3. The van der Waals surface area contributed by atoms with Crippen molar-refractivity contribution in [3.8, 4) is 5.75 Å². The Labute approximate surface area is 176 Å². The Hall–Kier alpha value is -2.84. The summed E-state index contributed by atoms with van der Waals surface area (Å²) in [5, 5.41) is 3.00. The maximum absolute atomic E-state index is 13.4. The van der Waals surface area contributed by atoms with Crippen molar-refractivity contribution in [2.24, 2.45) is 0 Å². The van der Waals surface area contributed by atoms with Gasteiger partial charge in [-0.15, -0.1) is 6.58 Å². The molecule has 3 amide bonds. The largest absolute Gasteiger partial charge is 0.497 e. The Morgan fingerprint density at radius 1 is 1.20 bits per heavy atom. The Morgan fingerprint density at radius 2 is 1.93 bits per heavy atom. The minimum Gasteiger partial charge on any atom is -0.497 e. The highest BCUT2D eigenvalue weighted by atomic mass is 16.5.